The highest BCUT2D eigenvalue weighted by atomic mass is 79.9. The van der Waals surface area contributed by atoms with Gasteiger partial charge in [-0.25, -0.2) is 0 Å². The normalized spacial score (nSPS) is 20.1. The van der Waals surface area contributed by atoms with Gasteiger partial charge in [0, 0.05) is 23.1 Å². The van der Waals surface area contributed by atoms with E-state index in [0.717, 1.165) is 29.0 Å². The van der Waals surface area contributed by atoms with Gasteiger partial charge in [0.2, 0.25) is 0 Å². The third-order valence-electron chi connectivity index (χ3n) is 4.00. The van der Waals surface area contributed by atoms with Crippen molar-refractivity contribution >= 4 is 38.8 Å². The quantitative estimate of drug-likeness (QED) is 0.840. The summed E-state index contributed by atoms with van der Waals surface area (Å²) in [5.74, 6) is 0.889. The third kappa shape index (κ3) is 3.69. The van der Waals surface area contributed by atoms with E-state index in [2.05, 4.69) is 33.8 Å². The summed E-state index contributed by atoms with van der Waals surface area (Å²) in [7, 11) is 0. The number of nitrogens with two attached hydrogens (primary N) is 1. The molecular weight excluding hydrogens is 320 g/mol. The summed E-state index contributed by atoms with van der Waals surface area (Å²) in [4.78, 5) is 2.93. The van der Waals surface area contributed by atoms with Crippen LogP contribution in [-0.4, -0.2) is 18.1 Å². The lowest BCUT2D eigenvalue weighted by Crippen LogP contribution is -2.24. The monoisotopic (exact) mass is 340 g/mol. The lowest BCUT2D eigenvalue weighted by Gasteiger charge is -2.24. The number of hydrogen-bond donors (Lipinski definition) is 1. The van der Waals surface area contributed by atoms with Crippen molar-refractivity contribution in [1.29, 1.82) is 0 Å². The first-order valence-electron chi connectivity index (χ1n) is 6.96. The molecule has 0 aromatic heterocycles. The van der Waals surface area contributed by atoms with Crippen LogP contribution in [-0.2, 0) is 0 Å². The SMILES string of the molecule is CCC1CCCN(c2ccc(C(N)=S)cc2Br)CC1. The molecule has 1 aliphatic rings. The van der Waals surface area contributed by atoms with Gasteiger partial charge < -0.3 is 10.6 Å². The van der Waals surface area contributed by atoms with Crippen molar-refractivity contribution in [3.8, 4) is 0 Å². The van der Waals surface area contributed by atoms with Gasteiger partial charge in [-0.15, -0.1) is 0 Å². The predicted octanol–water partition coefficient (Wildman–Crippen LogP) is 4.10. The summed E-state index contributed by atoms with van der Waals surface area (Å²) in [5, 5.41) is 0. The second kappa shape index (κ2) is 6.71. The van der Waals surface area contributed by atoms with Crippen LogP contribution in [0.4, 0.5) is 5.69 Å². The van der Waals surface area contributed by atoms with Gasteiger partial charge in [0.1, 0.15) is 4.99 Å². The lowest BCUT2D eigenvalue weighted by atomic mass is 9.98. The van der Waals surface area contributed by atoms with Crippen molar-refractivity contribution in [2.75, 3.05) is 18.0 Å². The van der Waals surface area contributed by atoms with Crippen molar-refractivity contribution in [2.45, 2.75) is 32.6 Å². The Hall–Kier alpha value is -0.610. The minimum absolute atomic E-state index is 0.453. The molecule has 19 heavy (non-hydrogen) atoms. The molecule has 0 amide bonds. The Morgan fingerprint density at radius 1 is 1.42 bits per heavy atom. The number of benzene rings is 1. The molecule has 0 saturated carbocycles. The Balaban J connectivity index is 2.15. The maximum Gasteiger partial charge on any atom is 0.104 e. The van der Waals surface area contributed by atoms with Crippen LogP contribution < -0.4 is 10.6 Å². The van der Waals surface area contributed by atoms with Crippen LogP contribution >= 0.6 is 28.1 Å². The molecule has 1 aliphatic heterocycles. The fourth-order valence-corrected chi connectivity index (χ4v) is 3.49. The number of thiocarbonyl (C=S) groups is 1. The fraction of sp³-hybridized carbons (Fsp3) is 0.533. The number of hydrogen-bond acceptors (Lipinski definition) is 2. The van der Waals surface area contributed by atoms with Crippen LogP contribution in [0.15, 0.2) is 22.7 Å². The van der Waals surface area contributed by atoms with Crippen molar-refractivity contribution in [1.82, 2.24) is 0 Å². The third-order valence-corrected chi connectivity index (χ3v) is 4.87. The smallest absolute Gasteiger partial charge is 0.104 e. The summed E-state index contributed by atoms with van der Waals surface area (Å²) in [6, 6.07) is 6.18. The first-order chi connectivity index (χ1) is 9.11. The molecule has 2 rings (SSSR count). The molecular formula is C15H21BrN2S. The van der Waals surface area contributed by atoms with Crippen LogP contribution in [0.1, 0.15) is 38.2 Å². The zero-order valence-electron chi connectivity index (χ0n) is 11.4. The molecule has 2 N–H and O–H groups in total. The Morgan fingerprint density at radius 3 is 2.84 bits per heavy atom. The van der Waals surface area contributed by atoms with Gasteiger partial charge in [0.25, 0.3) is 0 Å². The summed E-state index contributed by atoms with van der Waals surface area (Å²) in [6.45, 7) is 4.58. The molecule has 0 spiro atoms. The summed E-state index contributed by atoms with van der Waals surface area (Å²) in [5.41, 5.74) is 7.85. The van der Waals surface area contributed by atoms with Gasteiger partial charge in [-0.1, -0.05) is 25.6 Å². The summed E-state index contributed by atoms with van der Waals surface area (Å²) >= 11 is 8.67. The van der Waals surface area contributed by atoms with Gasteiger partial charge in [0.05, 0.1) is 5.69 Å². The summed E-state index contributed by atoms with van der Waals surface area (Å²) < 4.78 is 1.09. The van der Waals surface area contributed by atoms with E-state index < -0.39 is 0 Å². The van der Waals surface area contributed by atoms with Crippen molar-refractivity contribution in [3.05, 3.63) is 28.2 Å². The van der Waals surface area contributed by atoms with Gasteiger partial charge in [0.15, 0.2) is 0 Å². The number of halogens is 1. The van der Waals surface area contributed by atoms with Crippen LogP contribution in [0.3, 0.4) is 0 Å². The van der Waals surface area contributed by atoms with Crippen LogP contribution in [0.2, 0.25) is 0 Å². The molecule has 0 aliphatic carbocycles. The molecule has 0 radical (unpaired) electrons. The molecule has 1 atom stereocenters. The molecule has 1 heterocycles. The van der Waals surface area contributed by atoms with E-state index in [-0.39, 0.29) is 0 Å². The van der Waals surface area contributed by atoms with E-state index in [1.807, 2.05) is 12.1 Å². The van der Waals surface area contributed by atoms with Crippen LogP contribution in [0.5, 0.6) is 0 Å². The van der Waals surface area contributed by atoms with Crippen LogP contribution in [0, 0.1) is 5.92 Å². The molecule has 1 unspecified atom stereocenters. The molecule has 2 nitrogen and oxygen atoms in total. The van der Waals surface area contributed by atoms with Gasteiger partial charge >= 0.3 is 0 Å². The Labute approximate surface area is 129 Å². The molecule has 1 aromatic carbocycles. The maximum absolute atomic E-state index is 5.67. The molecule has 0 bridgehead atoms. The zero-order chi connectivity index (χ0) is 13.8. The average Bonchev–Trinajstić information content (AvgIpc) is 2.63. The second-order valence-electron chi connectivity index (χ2n) is 5.22. The van der Waals surface area contributed by atoms with E-state index in [1.54, 1.807) is 0 Å². The van der Waals surface area contributed by atoms with Crippen molar-refractivity contribution in [3.63, 3.8) is 0 Å². The largest absolute Gasteiger partial charge is 0.389 e. The molecule has 104 valence electrons. The minimum Gasteiger partial charge on any atom is -0.389 e. The second-order valence-corrected chi connectivity index (χ2v) is 6.52. The van der Waals surface area contributed by atoms with Crippen molar-refractivity contribution in [2.24, 2.45) is 11.7 Å². The Kier molecular flexibility index (Phi) is 5.22. The van der Waals surface area contributed by atoms with Crippen LogP contribution in [0.25, 0.3) is 0 Å². The van der Waals surface area contributed by atoms with Gasteiger partial charge in [-0.05, 0) is 59.3 Å². The predicted molar refractivity (Wildman–Crippen MR) is 89.9 cm³/mol. The molecule has 1 aromatic rings. The Bertz CT molecular complexity index is 461. The molecule has 4 heteroatoms. The highest BCUT2D eigenvalue weighted by Gasteiger charge is 2.17. The van der Waals surface area contributed by atoms with Crippen molar-refractivity contribution < 1.29 is 0 Å². The highest BCUT2D eigenvalue weighted by Crippen LogP contribution is 2.30. The first-order valence-corrected chi connectivity index (χ1v) is 8.16. The van der Waals surface area contributed by atoms with E-state index in [9.17, 15) is 0 Å². The first kappa shape index (κ1) is 14.8. The van der Waals surface area contributed by atoms with Gasteiger partial charge in [-0.3, -0.25) is 0 Å². The Morgan fingerprint density at radius 2 is 2.21 bits per heavy atom. The summed E-state index contributed by atoms with van der Waals surface area (Å²) in [6.07, 6.45) is 5.23. The standard InChI is InChI=1S/C15H21BrN2S/c1-2-11-4-3-8-18(9-7-11)14-6-5-12(15(17)19)10-13(14)16/h5-6,10-11H,2-4,7-9H2,1H3,(H2,17,19). The number of nitrogens with zero attached hydrogens (tertiary/aromatic N) is 1. The lowest BCUT2D eigenvalue weighted by molar-refractivity contribution is 0.459. The highest BCUT2D eigenvalue weighted by molar-refractivity contribution is 9.10. The number of rotatable bonds is 3. The van der Waals surface area contributed by atoms with Gasteiger partial charge in [-0.2, -0.15) is 0 Å². The molecule has 1 fully saturated rings. The average molecular weight is 341 g/mol. The maximum atomic E-state index is 5.67. The number of anilines is 1. The molecule has 1 saturated heterocycles. The van der Waals surface area contributed by atoms with E-state index in [1.165, 1.54) is 31.4 Å². The zero-order valence-corrected chi connectivity index (χ0v) is 13.8. The van der Waals surface area contributed by atoms with E-state index in [0.29, 0.717) is 4.99 Å². The fourth-order valence-electron chi connectivity index (χ4n) is 2.73. The van der Waals surface area contributed by atoms with E-state index >= 15 is 0 Å². The van der Waals surface area contributed by atoms with E-state index in [4.69, 9.17) is 18.0 Å². The topological polar surface area (TPSA) is 29.3 Å². The minimum atomic E-state index is 0.453.